The maximum atomic E-state index is 11.7. The molecule has 1 unspecified atom stereocenters. The lowest BCUT2D eigenvalue weighted by atomic mass is 9.96. The molecule has 0 spiro atoms. The van der Waals surface area contributed by atoms with E-state index in [-0.39, 0.29) is 11.9 Å². The molecule has 2 aromatic carbocycles. The predicted molar refractivity (Wildman–Crippen MR) is 98.0 cm³/mol. The molecule has 128 valence electrons. The number of ether oxygens (including phenoxy) is 1. The Balaban J connectivity index is 1.99. The molecule has 1 N–H and O–H groups in total. The van der Waals surface area contributed by atoms with E-state index in [9.17, 15) is 4.79 Å². The van der Waals surface area contributed by atoms with E-state index in [2.05, 4.69) is 55.6 Å². The summed E-state index contributed by atoms with van der Waals surface area (Å²) in [6, 6.07) is 19.3. The van der Waals surface area contributed by atoms with Gasteiger partial charge in [-0.1, -0.05) is 54.6 Å². The van der Waals surface area contributed by atoms with Crippen molar-refractivity contribution in [3.63, 3.8) is 0 Å². The Bertz CT molecular complexity index is 654. The van der Waals surface area contributed by atoms with Crippen molar-refractivity contribution in [2.24, 2.45) is 0 Å². The topological polar surface area (TPSA) is 38.3 Å². The van der Waals surface area contributed by atoms with Gasteiger partial charge in [-0.25, -0.2) is 0 Å². The van der Waals surface area contributed by atoms with E-state index in [0.29, 0.717) is 12.1 Å². The van der Waals surface area contributed by atoms with Gasteiger partial charge in [0.1, 0.15) is 0 Å². The van der Waals surface area contributed by atoms with Crippen LogP contribution in [0.15, 0.2) is 54.6 Å². The third kappa shape index (κ3) is 4.93. The number of hydrogen-bond acceptors (Lipinski definition) is 3. The van der Waals surface area contributed by atoms with Gasteiger partial charge in [0.15, 0.2) is 0 Å². The number of methoxy groups -OCH3 is 1. The summed E-state index contributed by atoms with van der Waals surface area (Å²) >= 11 is 0. The average Bonchev–Trinajstić information content (AvgIpc) is 2.61. The van der Waals surface area contributed by atoms with Crippen molar-refractivity contribution in [3.05, 3.63) is 71.3 Å². The van der Waals surface area contributed by atoms with Crippen LogP contribution < -0.4 is 5.32 Å². The largest absolute Gasteiger partial charge is 0.469 e. The molecule has 2 rings (SSSR count). The van der Waals surface area contributed by atoms with Gasteiger partial charge in [-0.2, -0.15) is 0 Å². The summed E-state index contributed by atoms with van der Waals surface area (Å²) < 4.78 is 4.84. The average molecular weight is 325 g/mol. The molecule has 0 heterocycles. The Morgan fingerprint density at radius 2 is 1.67 bits per heavy atom. The molecule has 3 heteroatoms. The van der Waals surface area contributed by atoms with E-state index in [0.717, 1.165) is 12.0 Å². The van der Waals surface area contributed by atoms with Crippen molar-refractivity contribution in [3.8, 4) is 0 Å². The second-order valence-corrected chi connectivity index (χ2v) is 6.39. The highest BCUT2D eigenvalue weighted by molar-refractivity contribution is 5.77. The van der Waals surface area contributed by atoms with Crippen molar-refractivity contribution in [2.75, 3.05) is 7.11 Å². The minimum Gasteiger partial charge on any atom is -0.469 e. The highest BCUT2D eigenvalue weighted by Gasteiger charge is 2.16. The van der Waals surface area contributed by atoms with Crippen LogP contribution in [0.5, 0.6) is 0 Å². The molecule has 0 amide bonds. The third-order valence-corrected chi connectivity index (χ3v) is 4.38. The second kappa shape index (κ2) is 8.65. The van der Waals surface area contributed by atoms with Crippen LogP contribution in [0.1, 0.15) is 49.4 Å². The normalized spacial score (nSPS) is 14.7. The van der Waals surface area contributed by atoms with Gasteiger partial charge in [-0.05, 0) is 43.9 Å². The molecule has 2 aromatic rings. The summed E-state index contributed by atoms with van der Waals surface area (Å²) in [5, 5.41) is 3.64. The number of rotatable bonds is 7. The fourth-order valence-electron chi connectivity index (χ4n) is 2.98. The van der Waals surface area contributed by atoms with Gasteiger partial charge >= 0.3 is 5.97 Å². The second-order valence-electron chi connectivity index (χ2n) is 6.39. The SMILES string of the molecule is COC(=O)C(C)c1cccc(C[C@@H](C)N[C@H](C)c2ccccc2)c1. The van der Waals surface area contributed by atoms with Crippen molar-refractivity contribution >= 4 is 5.97 Å². The van der Waals surface area contributed by atoms with E-state index in [1.807, 2.05) is 25.1 Å². The first-order valence-electron chi connectivity index (χ1n) is 8.49. The number of carbonyl (C=O) groups excluding carboxylic acids is 1. The number of hydrogen-bond donors (Lipinski definition) is 1. The van der Waals surface area contributed by atoms with Crippen LogP contribution in [0.25, 0.3) is 0 Å². The lowest BCUT2D eigenvalue weighted by Gasteiger charge is -2.21. The molecular weight excluding hydrogens is 298 g/mol. The standard InChI is InChI=1S/C21H27NO2/c1-15(22-17(3)19-10-6-5-7-11-19)13-18-9-8-12-20(14-18)16(2)21(23)24-4/h5-12,14-17,22H,13H2,1-4H3/t15-,16?,17-/m1/s1. The van der Waals surface area contributed by atoms with E-state index >= 15 is 0 Å². The van der Waals surface area contributed by atoms with Crippen LogP contribution in [0.4, 0.5) is 0 Å². The quantitative estimate of drug-likeness (QED) is 0.774. The zero-order valence-corrected chi connectivity index (χ0v) is 15.0. The number of benzene rings is 2. The lowest BCUT2D eigenvalue weighted by Crippen LogP contribution is -2.30. The van der Waals surface area contributed by atoms with Crippen LogP contribution in [0.2, 0.25) is 0 Å². The van der Waals surface area contributed by atoms with Crippen LogP contribution in [-0.2, 0) is 16.0 Å². The predicted octanol–water partition coefficient (Wildman–Crippen LogP) is 4.24. The maximum Gasteiger partial charge on any atom is 0.312 e. The van der Waals surface area contributed by atoms with Crippen molar-refractivity contribution < 1.29 is 9.53 Å². The fourth-order valence-corrected chi connectivity index (χ4v) is 2.98. The molecule has 0 aliphatic heterocycles. The Morgan fingerprint density at radius 1 is 1.00 bits per heavy atom. The smallest absolute Gasteiger partial charge is 0.312 e. The summed E-state index contributed by atoms with van der Waals surface area (Å²) in [7, 11) is 1.43. The Kier molecular flexibility index (Phi) is 6.56. The van der Waals surface area contributed by atoms with E-state index in [4.69, 9.17) is 4.74 Å². The highest BCUT2D eigenvalue weighted by atomic mass is 16.5. The molecule has 0 aliphatic rings. The molecule has 0 saturated heterocycles. The Labute approximate surface area is 145 Å². The summed E-state index contributed by atoms with van der Waals surface area (Å²) in [6.07, 6.45) is 0.916. The van der Waals surface area contributed by atoms with E-state index < -0.39 is 0 Å². The monoisotopic (exact) mass is 325 g/mol. The van der Waals surface area contributed by atoms with Crippen LogP contribution >= 0.6 is 0 Å². The zero-order valence-electron chi connectivity index (χ0n) is 15.0. The van der Waals surface area contributed by atoms with Gasteiger partial charge < -0.3 is 10.1 Å². The van der Waals surface area contributed by atoms with Gasteiger partial charge in [-0.3, -0.25) is 4.79 Å². The lowest BCUT2D eigenvalue weighted by molar-refractivity contribution is -0.141. The zero-order chi connectivity index (χ0) is 17.5. The minimum atomic E-state index is -0.235. The molecule has 0 fully saturated rings. The number of carbonyl (C=O) groups is 1. The summed E-state index contributed by atoms with van der Waals surface area (Å²) in [5.74, 6) is -0.433. The minimum absolute atomic E-state index is 0.198. The van der Waals surface area contributed by atoms with Crippen LogP contribution in [-0.4, -0.2) is 19.1 Å². The summed E-state index contributed by atoms with van der Waals surface area (Å²) in [5.41, 5.74) is 3.52. The Hall–Kier alpha value is -2.13. The van der Waals surface area contributed by atoms with Crippen molar-refractivity contribution in [1.82, 2.24) is 5.32 Å². The van der Waals surface area contributed by atoms with Gasteiger partial charge in [0.25, 0.3) is 0 Å². The van der Waals surface area contributed by atoms with Crippen molar-refractivity contribution in [1.29, 1.82) is 0 Å². The molecule has 3 nitrogen and oxygen atoms in total. The number of nitrogens with one attached hydrogen (secondary N) is 1. The fraction of sp³-hybridized carbons (Fsp3) is 0.381. The molecule has 0 saturated carbocycles. The van der Waals surface area contributed by atoms with Crippen molar-refractivity contribution in [2.45, 2.75) is 45.2 Å². The van der Waals surface area contributed by atoms with Gasteiger partial charge in [-0.15, -0.1) is 0 Å². The number of esters is 1. The van der Waals surface area contributed by atoms with Crippen LogP contribution in [0, 0.1) is 0 Å². The maximum absolute atomic E-state index is 11.7. The highest BCUT2D eigenvalue weighted by Crippen LogP contribution is 2.19. The molecule has 3 atom stereocenters. The third-order valence-electron chi connectivity index (χ3n) is 4.38. The van der Waals surface area contributed by atoms with Gasteiger partial charge in [0.05, 0.1) is 13.0 Å². The molecule has 0 aromatic heterocycles. The molecule has 0 radical (unpaired) electrons. The van der Waals surface area contributed by atoms with Crippen LogP contribution in [0.3, 0.4) is 0 Å². The molecule has 0 aliphatic carbocycles. The summed E-state index contributed by atoms with van der Waals surface area (Å²) in [6.45, 7) is 6.25. The Morgan fingerprint density at radius 3 is 2.33 bits per heavy atom. The summed E-state index contributed by atoms with van der Waals surface area (Å²) in [4.78, 5) is 11.7. The molecule has 0 bridgehead atoms. The molecule has 24 heavy (non-hydrogen) atoms. The molecular formula is C21H27NO2. The van der Waals surface area contributed by atoms with E-state index in [1.165, 1.54) is 18.2 Å². The van der Waals surface area contributed by atoms with E-state index in [1.54, 1.807) is 0 Å². The first-order chi connectivity index (χ1) is 11.5. The first-order valence-corrected chi connectivity index (χ1v) is 8.49. The first kappa shape index (κ1) is 18.2. The van der Waals surface area contributed by atoms with Gasteiger partial charge in [0, 0.05) is 12.1 Å². The van der Waals surface area contributed by atoms with Gasteiger partial charge in [0.2, 0.25) is 0 Å².